The molecule has 0 aliphatic carbocycles. The van der Waals surface area contributed by atoms with Gasteiger partial charge in [-0.05, 0) is 31.0 Å². The normalized spacial score (nSPS) is 10.5. The van der Waals surface area contributed by atoms with E-state index in [1.807, 2.05) is 54.3 Å². The van der Waals surface area contributed by atoms with Gasteiger partial charge in [-0.1, -0.05) is 37.3 Å². The van der Waals surface area contributed by atoms with Gasteiger partial charge in [-0.3, -0.25) is 4.79 Å². The van der Waals surface area contributed by atoms with Crippen molar-refractivity contribution in [3.63, 3.8) is 0 Å². The molecule has 1 amide bonds. The van der Waals surface area contributed by atoms with Crippen LogP contribution in [-0.4, -0.2) is 17.4 Å². The summed E-state index contributed by atoms with van der Waals surface area (Å²) >= 11 is 0. The summed E-state index contributed by atoms with van der Waals surface area (Å²) in [5.41, 5.74) is 1.05. The summed E-state index contributed by atoms with van der Waals surface area (Å²) in [5, 5.41) is 0. The second kappa shape index (κ2) is 6.94. The standard InChI is InChI=1S/C17H21NO2/c1-3-11-18(13-16-10-9-14(2)20-16)17(19)12-15-7-5-4-6-8-15/h4-10H,3,11-13H2,1-2H3. The summed E-state index contributed by atoms with van der Waals surface area (Å²) < 4.78 is 5.57. The zero-order valence-electron chi connectivity index (χ0n) is 12.1. The number of nitrogens with zero attached hydrogens (tertiary/aromatic N) is 1. The van der Waals surface area contributed by atoms with Crippen LogP contribution in [0.3, 0.4) is 0 Å². The van der Waals surface area contributed by atoms with Gasteiger partial charge < -0.3 is 9.32 Å². The van der Waals surface area contributed by atoms with Gasteiger partial charge in [0.05, 0.1) is 13.0 Å². The highest BCUT2D eigenvalue weighted by atomic mass is 16.3. The highest BCUT2D eigenvalue weighted by molar-refractivity contribution is 5.78. The SMILES string of the molecule is CCCN(Cc1ccc(C)o1)C(=O)Cc1ccccc1. The number of carbonyl (C=O) groups excluding carboxylic acids is 1. The van der Waals surface area contributed by atoms with Gasteiger partial charge in [0.25, 0.3) is 0 Å². The summed E-state index contributed by atoms with van der Waals surface area (Å²) in [4.78, 5) is 14.3. The molecule has 1 aromatic carbocycles. The largest absolute Gasteiger partial charge is 0.464 e. The van der Waals surface area contributed by atoms with E-state index in [2.05, 4.69) is 6.92 Å². The monoisotopic (exact) mass is 271 g/mol. The van der Waals surface area contributed by atoms with E-state index in [4.69, 9.17) is 4.42 Å². The number of amides is 1. The van der Waals surface area contributed by atoms with Crippen molar-refractivity contribution in [3.8, 4) is 0 Å². The van der Waals surface area contributed by atoms with Gasteiger partial charge in [-0.15, -0.1) is 0 Å². The Balaban J connectivity index is 2.02. The lowest BCUT2D eigenvalue weighted by molar-refractivity contribution is -0.131. The average Bonchev–Trinajstić information content (AvgIpc) is 2.85. The summed E-state index contributed by atoms with van der Waals surface area (Å²) in [5.74, 6) is 1.87. The minimum Gasteiger partial charge on any atom is -0.464 e. The Hall–Kier alpha value is -2.03. The molecule has 0 N–H and O–H groups in total. The number of furan rings is 1. The minimum absolute atomic E-state index is 0.145. The fourth-order valence-corrected chi connectivity index (χ4v) is 2.20. The van der Waals surface area contributed by atoms with Crippen molar-refractivity contribution >= 4 is 5.91 Å². The van der Waals surface area contributed by atoms with Gasteiger partial charge in [-0.25, -0.2) is 0 Å². The first-order valence-corrected chi connectivity index (χ1v) is 7.06. The Kier molecular flexibility index (Phi) is 4.99. The lowest BCUT2D eigenvalue weighted by atomic mass is 10.1. The van der Waals surface area contributed by atoms with Gasteiger partial charge in [0.2, 0.25) is 5.91 Å². The van der Waals surface area contributed by atoms with Crippen LogP contribution in [-0.2, 0) is 17.8 Å². The van der Waals surface area contributed by atoms with Crippen LogP contribution in [0, 0.1) is 6.92 Å². The van der Waals surface area contributed by atoms with Gasteiger partial charge in [-0.2, -0.15) is 0 Å². The van der Waals surface area contributed by atoms with Crippen molar-refractivity contribution in [1.29, 1.82) is 0 Å². The maximum Gasteiger partial charge on any atom is 0.227 e. The quantitative estimate of drug-likeness (QED) is 0.804. The molecule has 1 aromatic heterocycles. The van der Waals surface area contributed by atoms with E-state index in [0.29, 0.717) is 13.0 Å². The molecule has 106 valence electrons. The first kappa shape index (κ1) is 14.4. The molecule has 3 nitrogen and oxygen atoms in total. The van der Waals surface area contributed by atoms with E-state index in [9.17, 15) is 4.79 Å². The number of carbonyl (C=O) groups is 1. The molecule has 3 heteroatoms. The topological polar surface area (TPSA) is 33.5 Å². The lowest BCUT2D eigenvalue weighted by Crippen LogP contribution is -2.32. The Labute approximate surface area is 120 Å². The summed E-state index contributed by atoms with van der Waals surface area (Å²) in [6, 6.07) is 13.7. The molecule has 0 aliphatic rings. The molecule has 0 radical (unpaired) electrons. The van der Waals surface area contributed by atoms with E-state index in [0.717, 1.165) is 30.0 Å². The maximum absolute atomic E-state index is 12.4. The Morgan fingerprint density at radius 2 is 1.90 bits per heavy atom. The Morgan fingerprint density at radius 1 is 1.15 bits per heavy atom. The predicted molar refractivity (Wildman–Crippen MR) is 79.3 cm³/mol. The Morgan fingerprint density at radius 3 is 2.50 bits per heavy atom. The van der Waals surface area contributed by atoms with Crippen LogP contribution in [0.1, 0.15) is 30.4 Å². The number of hydrogen-bond donors (Lipinski definition) is 0. The summed E-state index contributed by atoms with van der Waals surface area (Å²) in [6.45, 7) is 5.30. The summed E-state index contributed by atoms with van der Waals surface area (Å²) in [6.07, 6.45) is 1.39. The first-order valence-electron chi connectivity index (χ1n) is 7.06. The molecule has 0 aliphatic heterocycles. The molecule has 0 spiro atoms. The highest BCUT2D eigenvalue weighted by Crippen LogP contribution is 2.12. The van der Waals surface area contributed by atoms with Crippen LogP contribution < -0.4 is 0 Å². The smallest absolute Gasteiger partial charge is 0.227 e. The van der Waals surface area contributed by atoms with Crippen molar-refractivity contribution < 1.29 is 9.21 Å². The molecule has 2 aromatic rings. The second-order valence-electron chi connectivity index (χ2n) is 4.99. The predicted octanol–water partition coefficient (Wildman–Crippen LogP) is 3.57. The zero-order valence-corrected chi connectivity index (χ0v) is 12.1. The molecule has 20 heavy (non-hydrogen) atoms. The van der Waals surface area contributed by atoms with Crippen molar-refractivity contribution in [3.05, 3.63) is 59.5 Å². The van der Waals surface area contributed by atoms with Crippen LogP contribution in [0.15, 0.2) is 46.9 Å². The van der Waals surface area contributed by atoms with E-state index in [-0.39, 0.29) is 5.91 Å². The van der Waals surface area contributed by atoms with Crippen molar-refractivity contribution in [2.75, 3.05) is 6.54 Å². The van der Waals surface area contributed by atoms with Gasteiger partial charge in [0.15, 0.2) is 0 Å². The molecular formula is C17H21NO2. The van der Waals surface area contributed by atoms with Crippen LogP contribution in [0.5, 0.6) is 0 Å². The van der Waals surface area contributed by atoms with Gasteiger partial charge >= 0.3 is 0 Å². The highest BCUT2D eigenvalue weighted by Gasteiger charge is 2.15. The maximum atomic E-state index is 12.4. The lowest BCUT2D eigenvalue weighted by Gasteiger charge is -2.21. The van der Waals surface area contributed by atoms with Crippen LogP contribution in [0.2, 0.25) is 0 Å². The Bertz CT molecular complexity index is 545. The summed E-state index contributed by atoms with van der Waals surface area (Å²) in [7, 11) is 0. The van der Waals surface area contributed by atoms with E-state index < -0.39 is 0 Å². The fraction of sp³-hybridized carbons (Fsp3) is 0.353. The third kappa shape index (κ3) is 3.98. The third-order valence-corrected chi connectivity index (χ3v) is 3.19. The van der Waals surface area contributed by atoms with E-state index >= 15 is 0 Å². The molecule has 2 rings (SSSR count). The van der Waals surface area contributed by atoms with Crippen molar-refractivity contribution in [2.24, 2.45) is 0 Å². The molecule has 0 saturated heterocycles. The molecule has 0 bridgehead atoms. The number of hydrogen-bond acceptors (Lipinski definition) is 2. The van der Waals surface area contributed by atoms with Gasteiger partial charge in [0, 0.05) is 6.54 Å². The number of rotatable bonds is 6. The minimum atomic E-state index is 0.145. The van der Waals surface area contributed by atoms with Gasteiger partial charge in [0.1, 0.15) is 11.5 Å². The van der Waals surface area contributed by atoms with Crippen molar-refractivity contribution in [2.45, 2.75) is 33.2 Å². The van der Waals surface area contributed by atoms with E-state index in [1.165, 1.54) is 0 Å². The molecule has 0 fully saturated rings. The molecule has 1 heterocycles. The molecule has 0 saturated carbocycles. The zero-order chi connectivity index (χ0) is 14.4. The third-order valence-electron chi connectivity index (χ3n) is 3.19. The number of aryl methyl sites for hydroxylation is 1. The molecular weight excluding hydrogens is 250 g/mol. The molecule has 0 unspecified atom stereocenters. The second-order valence-corrected chi connectivity index (χ2v) is 4.99. The first-order chi connectivity index (χ1) is 9.69. The molecule has 0 atom stereocenters. The van der Waals surface area contributed by atoms with Crippen molar-refractivity contribution in [1.82, 2.24) is 4.90 Å². The van der Waals surface area contributed by atoms with Crippen LogP contribution in [0.4, 0.5) is 0 Å². The fourth-order valence-electron chi connectivity index (χ4n) is 2.20. The van der Waals surface area contributed by atoms with Crippen LogP contribution in [0.25, 0.3) is 0 Å². The van der Waals surface area contributed by atoms with Crippen LogP contribution >= 0.6 is 0 Å². The van der Waals surface area contributed by atoms with E-state index in [1.54, 1.807) is 0 Å². The number of benzene rings is 1. The average molecular weight is 271 g/mol.